The largest absolute Gasteiger partial charge is 0.478 e. The molecular formula is C38H26N2O4. The molecule has 6 aromatic carbocycles. The van der Waals surface area contributed by atoms with Gasteiger partial charge in [0.1, 0.15) is 0 Å². The lowest BCUT2D eigenvalue weighted by Crippen LogP contribution is -2.04. The molecule has 2 N–H and O–H groups in total. The van der Waals surface area contributed by atoms with Gasteiger partial charge in [-0.25, -0.2) is 9.59 Å². The number of hydrogen-bond donors (Lipinski definition) is 2. The Kier molecular flexibility index (Phi) is 6.64. The Morgan fingerprint density at radius 2 is 0.614 bits per heavy atom. The number of hydrogen-bond acceptors (Lipinski definition) is 2. The monoisotopic (exact) mass is 574 g/mol. The minimum atomic E-state index is -0.919. The lowest BCUT2D eigenvalue weighted by Gasteiger charge is -2.10. The Hall–Kier alpha value is -6.14. The summed E-state index contributed by atoms with van der Waals surface area (Å²) < 4.78 is 4.04. The van der Waals surface area contributed by atoms with Crippen molar-refractivity contribution in [3.05, 3.63) is 157 Å². The first kappa shape index (κ1) is 26.7. The molecule has 0 bridgehead atoms. The molecular weight excluding hydrogens is 548 g/mol. The Balaban J connectivity index is 0.000000142. The van der Waals surface area contributed by atoms with Crippen molar-refractivity contribution in [1.29, 1.82) is 0 Å². The number of carboxylic acids is 2. The summed E-state index contributed by atoms with van der Waals surface area (Å²) >= 11 is 0. The van der Waals surface area contributed by atoms with Crippen LogP contribution in [0.3, 0.4) is 0 Å². The molecule has 0 atom stereocenters. The maximum atomic E-state index is 11.6. The fourth-order valence-electron chi connectivity index (χ4n) is 6.06. The molecule has 0 unspecified atom stereocenters. The van der Waals surface area contributed by atoms with Gasteiger partial charge in [-0.05, 0) is 48.5 Å². The molecule has 0 saturated carbocycles. The minimum absolute atomic E-state index is 0.300. The van der Waals surface area contributed by atoms with Crippen molar-refractivity contribution in [2.24, 2.45) is 0 Å². The molecule has 0 saturated heterocycles. The SMILES string of the molecule is O=C(O)c1ccccc1-n1c2ccccc2c2ccccc21.O=C(O)c1ccccc1-n1c2ccccc2c2ccccc21. The summed E-state index contributed by atoms with van der Waals surface area (Å²) in [6.07, 6.45) is 0. The molecule has 212 valence electrons. The number of para-hydroxylation sites is 6. The highest BCUT2D eigenvalue weighted by Gasteiger charge is 2.18. The predicted octanol–water partition coefficient (Wildman–Crippen LogP) is 8.96. The number of aromatic nitrogens is 2. The lowest BCUT2D eigenvalue weighted by molar-refractivity contribution is 0.0686. The fraction of sp³-hybridized carbons (Fsp3) is 0. The summed E-state index contributed by atoms with van der Waals surface area (Å²) in [6, 6.07) is 46.5. The van der Waals surface area contributed by atoms with Crippen molar-refractivity contribution in [1.82, 2.24) is 9.13 Å². The zero-order valence-electron chi connectivity index (χ0n) is 23.5. The highest BCUT2D eigenvalue weighted by Crippen LogP contribution is 2.34. The Labute approximate surface area is 252 Å². The van der Waals surface area contributed by atoms with Gasteiger partial charge in [0.15, 0.2) is 0 Å². The fourth-order valence-corrected chi connectivity index (χ4v) is 6.06. The lowest BCUT2D eigenvalue weighted by atomic mass is 10.1. The zero-order chi connectivity index (χ0) is 30.2. The number of nitrogens with zero attached hydrogens (tertiary/aromatic N) is 2. The topological polar surface area (TPSA) is 84.5 Å². The Morgan fingerprint density at radius 1 is 0.364 bits per heavy atom. The molecule has 2 aromatic heterocycles. The van der Waals surface area contributed by atoms with Crippen molar-refractivity contribution in [3.63, 3.8) is 0 Å². The zero-order valence-corrected chi connectivity index (χ0v) is 23.5. The van der Waals surface area contributed by atoms with Gasteiger partial charge < -0.3 is 19.3 Å². The summed E-state index contributed by atoms with van der Waals surface area (Å²) in [5, 5.41) is 23.5. The van der Waals surface area contributed by atoms with Crippen LogP contribution < -0.4 is 0 Å². The quantitative estimate of drug-likeness (QED) is 0.220. The van der Waals surface area contributed by atoms with Crippen molar-refractivity contribution in [2.45, 2.75) is 0 Å². The van der Waals surface area contributed by atoms with Crippen LogP contribution in [0.15, 0.2) is 146 Å². The van der Waals surface area contributed by atoms with E-state index in [0.29, 0.717) is 22.5 Å². The minimum Gasteiger partial charge on any atom is -0.478 e. The van der Waals surface area contributed by atoms with Crippen molar-refractivity contribution in [3.8, 4) is 11.4 Å². The van der Waals surface area contributed by atoms with E-state index in [1.807, 2.05) is 106 Å². The van der Waals surface area contributed by atoms with Crippen LogP contribution >= 0.6 is 0 Å². The number of fused-ring (bicyclic) bond motifs is 6. The van der Waals surface area contributed by atoms with Crippen LogP contribution in [-0.4, -0.2) is 31.3 Å². The molecule has 0 aliphatic heterocycles. The van der Waals surface area contributed by atoms with Gasteiger partial charge in [-0.1, -0.05) is 97.1 Å². The first-order valence-electron chi connectivity index (χ1n) is 14.2. The number of rotatable bonds is 4. The molecule has 0 fully saturated rings. The smallest absolute Gasteiger partial charge is 0.337 e. The van der Waals surface area contributed by atoms with E-state index in [2.05, 4.69) is 24.3 Å². The highest BCUT2D eigenvalue weighted by molar-refractivity contribution is 6.11. The first-order valence-corrected chi connectivity index (χ1v) is 14.2. The van der Waals surface area contributed by atoms with Gasteiger partial charge in [-0.2, -0.15) is 0 Å². The predicted molar refractivity (Wildman–Crippen MR) is 175 cm³/mol. The molecule has 0 aliphatic carbocycles. The van der Waals surface area contributed by atoms with Crippen LogP contribution in [0.2, 0.25) is 0 Å². The van der Waals surface area contributed by atoms with E-state index in [4.69, 9.17) is 0 Å². The second-order valence-corrected chi connectivity index (χ2v) is 10.4. The van der Waals surface area contributed by atoms with E-state index >= 15 is 0 Å². The second-order valence-electron chi connectivity index (χ2n) is 10.4. The van der Waals surface area contributed by atoms with Crippen LogP contribution in [0.5, 0.6) is 0 Å². The summed E-state index contributed by atoms with van der Waals surface area (Å²) in [7, 11) is 0. The van der Waals surface area contributed by atoms with Gasteiger partial charge >= 0.3 is 11.9 Å². The third kappa shape index (κ3) is 4.37. The molecule has 2 heterocycles. The molecule has 0 aliphatic rings. The molecule has 6 nitrogen and oxygen atoms in total. The van der Waals surface area contributed by atoms with Gasteiger partial charge in [0.2, 0.25) is 0 Å². The number of carbonyl (C=O) groups is 2. The van der Waals surface area contributed by atoms with Crippen LogP contribution in [0.1, 0.15) is 20.7 Å². The van der Waals surface area contributed by atoms with Crippen molar-refractivity contribution >= 4 is 55.6 Å². The average molecular weight is 575 g/mol. The van der Waals surface area contributed by atoms with Crippen molar-refractivity contribution < 1.29 is 19.8 Å². The van der Waals surface area contributed by atoms with Gasteiger partial charge in [-0.15, -0.1) is 0 Å². The highest BCUT2D eigenvalue weighted by atomic mass is 16.4. The van der Waals surface area contributed by atoms with Gasteiger partial charge in [-0.3, -0.25) is 0 Å². The molecule has 44 heavy (non-hydrogen) atoms. The summed E-state index contributed by atoms with van der Waals surface area (Å²) in [6.45, 7) is 0. The molecule has 6 heteroatoms. The van der Waals surface area contributed by atoms with Gasteiger partial charge in [0.05, 0.1) is 44.6 Å². The van der Waals surface area contributed by atoms with E-state index in [9.17, 15) is 19.8 Å². The van der Waals surface area contributed by atoms with Gasteiger partial charge in [0, 0.05) is 21.5 Å². The average Bonchev–Trinajstić information content (AvgIpc) is 3.58. The first-order chi connectivity index (χ1) is 21.5. The van der Waals surface area contributed by atoms with Crippen LogP contribution in [0, 0.1) is 0 Å². The summed E-state index contributed by atoms with van der Waals surface area (Å²) in [5.41, 5.74) is 6.02. The number of aromatic carboxylic acids is 2. The molecule has 8 rings (SSSR count). The number of benzene rings is 6. The normalized spacial score (nSPS) is 11.1. The van der Waals surface area contributed by atoms with Crippen LogP contribution in [-0.2, 0) is 0 Å². The summed E-state index contributed by atoms with van der Waals surface area (Å²) in [5.74, 6) is -1.84. The second kappa shape index (κ2) is 10.9. The van der Waals surface area contributed by atoms with Gasteiger partial charge in [0.25, 0.3) is 0 Å². The Bertz CT molecular complexity index is 2090. The van der Waals surface area contributed by atoms with E-state index in [1.165, 1.54) is 0 Å². The van der Waals surface area contributed by atoms with Crippen LogP contribution in [0.25, 0.3) is 55.0 Å². The third-order valence-corrected chi connectivity index (χ3v) is 7.91. The maximum absolute atomic E-state index is 11.6. The summed E-state index contributed by atoms with van der Waals surface area (Å²) in [4.78, 5) is 23.2. The Morgan fingerprint density at radius 3 is 0.909 bits per heavy atom. The van der Waals surface area contributed by atoms with E-state index in [1.54, 1.807) is 24.3 Å². The molecule has 0 spiro atoms. The maximum Gasteiger partial charge on any atom is 0.337 e. The molecule has 8 aromatic rings. The molecule has 0 radical (unpaired) electrons. The number of carboxylic acid groups (broad SMARTS) is 2. The van der Waals surface area contributed by atoms with Crippen molar-refractivity contribution in [2.75, 3.05) is 0 Å². The molecule has 0 amide bonds. The standard InChI is InChI=1S/2C19H13NO2/c2*21-19(22)15-9-3-6-12-18(15)20-16-10-4-1-7-13(16)14-8-2-5-11-17(14)20/h2*1-12H,(H,21,22). The van der Waals surface area contributed by atoms with Crippen LogP contribution in [0.4, 0.5) is 0 Å². The van der Waals surface area contributed by atoms with E-state index in [0.717, 1.165) is 43.6 Å². The third-order valence-electron chi connectivity index (χ3n) is 7.91. The van der Waals surface area contributed by atoms with E-state index < -0.39 is 11.9 Å². The van der Waals surface area contributed by atoms with E-state index in [-0.39, 0.29) is 0 Å².